The Morgan fingerprint density at radius 3 is 2.95 bits per heavy atom. The third-order valence-corrected chi connectivity index (χ3v) is 3.81. The highest BCUT2D eigenvalue weighted by Gasteiger charge is 2.26. The van der Waals surface area contributed by atoms with Crippen LogP contribution in [-0.4, -0.2) is 33.7 Å². The van der Waals surface area contributed by atoms with Crippen LogP contribution < -0.4 is 10.5 Å². The van der Waals surface area contributed by atoms with Gasteiger partial charge < -0.3 is 14.6 Å². The fourth-order valence-corrected chi connectivity index (χ4v) is 2.78. The van der Waals surface area contributed by atoms with E-state index in [9.17, 15) is 9.59 Å². The zero-order valence-electron chi connectivity index (χ0n) is 12.7. The van der Waals surface area contributed by atoms with Crippen LogP contribution >= 0.6 is 0 Å². The van der Waals surface area contributed by atoms with Gasteiger partial charge in [0.2, 0.25) is 0 Å². The number of hydrogen-bond acceptors (Lipinski definition) is 4. The van der Waals surface area contributed by atoms with E-state index in [1.165, 1.54) is 0 Å². The van der Waals surface area contributed by atoms with Crippen LogP contribution in [0, 0.1) is 11.8 Å². The molecule has 21 heavy (non-hydrogen) atoms. The van der Waals surface area contributed by atoms with Gasteiger partial charge in [-0.3, -0.25) is 9.59 Å². The lowest BCUT2D eigenvalue weighted by atomic mass is 10.0. The first-order valence-electron chi connectivity index (χ1n) is 7.49. The van der Waals surface area contributed by atoms with Crippen LogP contribution in [0.5, 0.6) is 0 Å². The standard InChI is InChI=1S/C15H23N3O3/c1-11(2)9-18-8-6-16-14(15(18)21)17-7-5-12(10-17)3-4-13(19)20/h6,8,11-12H,3-5,7,9-10H2,1-2H3,(H,19,20). The van der Waals surface area contributed by atoms with Crippen molar-refractivity contribution in [2.45, 2.75) is 39.7 Å². The van der Waals surface area contributed by atoms with Gasteiger partial charge in [0.15, 0.2) is 5.82 Å². The van der Waals surface area contributed by atoms with Gasteiger partial charge in [-0.2, -0.15) is 0 Å². The Morgan fingerprint density at radius 1 is 1.52 bits per heavy atom. The first-order chi connectivity index (χ1) is 9.97. The van der Waals surface area contributed by atoms with Crippen LogP contribution in [0.15, 0.2) is 17.2 Å². The summed E-state index contributed by atoms with van der Waals surface area (Å²) in [4.78, 5) is 29.3. The lowest BCUT2D eigenvalue weighted by Gasteiger charge is -2.18. The van der Waals surface area contributed by atoms with Crippen LogP contribution in [0.3, 0.4) is 0 Å². The Bertz CT molecular complexity index is 553. The van der Waals surface area contributed by atoms with Crippen molar-refractivity contribution in [1.29, 1.82) is 0 Å². The van der Waals surface area contributed by atoms with Gasteiger partial charge in [-0.05, 0) is 24.7 Å². The van der Waals surface area contributed by atoms with Crippen molar-refractivity contribution in [2.75, 3.05) is 18.0 Å². The SMILES string of the molecule is CC(C)Cn1ccnc(N2CCC(CCC(=O)O)C2)c1=O. The molecule has 1 N–H and O–H groups in total. The zero-order chi connectivity index (χ0) is 15.4. The number of nitrogens with zero attached hydrogens (tertiary/aromatic N) is 3. The first-order valence-corrected chi connectivity index (χ1v) is 7.49. The van der Waals surface area contributed by atoms with Crippen molar-refractivity contribution in [1.82, 2.24) is 9.55 Å². The number of aromatic nitrogens is 2. The van der Waals surface area contributed by atoms with E-state index < -0.39 is 5.97 Å². The highest BCUT2D eigenvalue weighted by Crippen LogP contribution is 2.23. The molecule has 0 spiro atoms. The maximum Gasteiger partial charge on any atom is 0.303 e. The molecule has 1 saturated heterocycles. The van der Waals surface area contributed by atoms with E-state index in [1.54, 1.807) is 17.0 Å². The average Bonchev–Trinajstić information content (AvgIpc) is 2.87. The molecule has 2 heterocycles. The average molecular weight is 293 g/mol. The maximum absolute atomic E-state index is 12.4. The second-order valence-corrected chi connectivity index (χ2v) is 6.14. The highest BCUT2D eigenvalue weighted by molar-refractivity contribution is 5.66. The van der Waals surface area contributed by atoms with Crippen LogP contribution in [0.2, 0.25) is 0 Å². The van der Waals surface area contributed by atoms with Gasteiger partial charge in [0.05, 0.1) is 0 Å². The van der Waals surface area contributed by atoms with Crippen molar-refractivity contribution in [2.24, 2.45) is 11.8 Å². The molecule has 1 fully saturated rings. The molecular weight excluding hydrogens is 270 g/mol. The summed E-state index contributed by atoms with van der Waals surface area (Å²) in [5.74, 6) is 0.474. The lowest BCUT2D eigenvalue weighted by Crippen LogP contribution is -2.32. The number of carboxylic acids is 1. The molecule has 0 radical (unpaired) electrons. The Kier molecular flexibility index (Phi) is 4.98. The van der Waals surface area contributed by atoms with Gasteiger partial charge in [0, 0.05) is 38.4 Å². The molecule has 0 aliphatic carbocycles. The van der Waals surface area contributed by atoms with E-state index >= 15 is 0 Å². The summed E-state index contributed by atoms with van der Waals surface area (Å²) in [7, 11) is 0. The normalized spacial score (nSPS) is 18.4. The quantitative estimate of drug-likeness (QED) is 0.862. The minimum Gasteiger partial charge on any atom is -0.481 e. The van der Waals surface area contributed by atoms with Gasteiger partial charge in [-0.15, -0.1) is 0 Å². The summed E-state index contributed by atoms with van der Waals surface area (Å²) in [6.45, 7) is 6.33. The Balaban J connectivity index is 2.06. The highest BCUT2D eigenvalue weighted by atomic mass is 16.4. The third-order valence-electron chi connectivity index (χ3n) is 3.81. The molecule has 1 aromatic rings. The smallest absolute Gasteiger partial charge is 0.303 e. The zero-order valence-corrected chi connectivity index (χ0v) is 12.7. The summed E-state index contributed by atoms with van der Waals surface area (Å²) in [6.07, 6.45) is 5.18. The predicted molar refractivity (Wildman–Crippen MR) is 80.5 cm³/mol. The number of carbonyl (C=O) groups is 1. The largest absolute Gasteiger partial charge is 0.481 e. The molecule has 0 saturated carbocycles. The third kappa shape index (κ3) is 4.06. The van der Waals surface area contributed by atoms with E-state index in [0.717, 1.165) is 19.5 Å². The summed E-state index contributed by atoms with van der Waals surface area (Å²) in [5.41, 5.74) is -0.0508. The minimum absolute atomic E-state index is 0.0508. The number of anilines is 1. The fraction of sp³-hybridized carbons (Fsp3) is 0.667. The minimum atomic E-state index is -0.759. The van der Waals surface area contributed by atoms with E-state index in [4.69, 9.17) is 5.11 Å². The number of hydrogen-bond donors (Lipinski definition) is 1. The van der Waals surface area contributed by atoms with Gasteiger partial charge >= 0.3 is 5.97 Å². The van der Waals surface area contributed by atoms with Gasteiger partial charge in [-0.1, -0.05) is 13.8 Å². The van der Waals surface area contributed by atoms with Crippen LogP contribution in [-0.2, 0) is 11.3 Å². The Hall–Kier alpha value is -1.85. The van der Waals surface area contributed by atoms with E-state index in [0.29, 0.717) is 30.6 Å². The number of rotatable bonds is 6. The van der Waals surface area contributed by atoms with Crippen molar-refractivity contribution in [3.05, 3.63) is 22.7 Å². The summed E-state index contributed by atoms with van der Waals surface area (Å²) < 4.78 is 1.71. The molecule has 6 heteroatoms. The molecule has 0 aromatic carbocycles. The Morgan fingerprint density at radius 2 is 2.29 bits per heavy atom. The van der Waals surface area contributed by atoms with Gasteiger partial charge in [0.1, 0.15) is 0 Å². The van der Waals surface area contributed by atoms with Crippen molar-refractivity contribution >= 4 is 11.8 Å². The molecule has 0 amide bonds. The topological polar surface area (TPSA) is 75.4 Å². The molecule has 1 aliphatic heterocycles. The monoisotopic (exact) mass is 293 g/mol. The number of aliphatic carboxylic acids is 1. The van der Waals surface area contributed by atoms with Crippen LogP contribution in [0.1, 0.15) is 33.1 Å². The molecule has 1 unspecified atom stereocenters. The molecule has 2 rings (SSSR count). The second-order valence-electron chi connectivity index (χ2n) is 6.14. The lowest BCUT2D eigenvalue weighted by molar-refractivity contribution is -0.137. The van der Waals surface area contributed by atoms with Gasteiger partial charge in [-0.25, -0.2) is 4.98 Å². The molecule has 1 atom stereocenters. The molecule has 1 aromatic heterocycles. The molecule has 1 aliphatic rings. The first kappa shape index (κ1) is 15.5. The molecular formula is C15H23N3O3. The van der Waals surface area contributed by atoms with Crippen LogP contribution in [0.25, 0.3) is 0 Å². The fourth-order valence-electron chi connectivity index (χ4n) is 2.78. The van der Waals surface area contributed by atoms with Gasteiger partial charge in [0.25, 0.3) is 5.56 Å². The van der Waals surface area contributed by atoms with Crippen molar-refractivity contribution in [3.63, 3.8) is 0 Å². The van der Waals surface area contributed by atoms with Crippen molar-refractivity contribution in [3.8, 4) is 0 Å². The van der Waals surface area contributed by atoms with Crippen molar-refractivity contribution < 1.29 is 9.90 Å². The maximum atomic E-state index is 12.4. The van der Waals surface area contributed by atoms with E-state index in [2.05, 4.69) is 18.8 Å². The summed E-state index contributed by atoms with van der Waals surface area (Å²) in [6, 6.07) is 0. The Labute approximate surface area is 124 Å². The molecule has 116 valence electrons. The molecule has 0 bridgehead atoms. The number of carboxylic acid groups (broad SMARTS) is 1. The molecule has 6 nitrogen and oxygen atoms in total. The summed E-state index contributed by atoms with van der Waals surface area (Å²) >= 11 is 0. The second kappa shape index (κ2) is 6.74. The predicted octanol–water partition coefficient (Wildman–Crippen LogP) is 1.59. The summed E-state index contributed by atoms with van der Waals surface area (Å²) in [5, 5.41) is 8.74. The van der Waals surface area contributed by atoms with E-state index in [1.807, 2.05) is 4.90 Å². The van der Waals surface area contributed by atoms with E-state index in [-0.39, 0.29) is 12.0 Å². The van der Waals surface area contributed by atoms with Crippen LogP contribution in [0.4, 0.5) is 5.82 Å².